The van der Waals surface area contributed by atoms with Gasteiger partial charge in [-0.3, -0.25) is 4.79 Å². The molecule has 0 N–H and O–H groups in total. The number of nitrogens with zero attached hydrogens (tertiary/aromatic N) is 3. The molecule has 3 rings (SSSR count). The first-order valence-electron chi connectivity index (χ1n) is 6.95. The Labute approximate surface area is 127 Å². The van der Waals surface area contributed by atoms with Gasteiger partial charge in [-0.25, -0.2) is 13.8 Å². The van der Waals surface area contributed by atoms with Gasteiger partial charge in [0.15, 0.2) is 0 Å². The van der Waals surface area contributed by atoms with Gasteiger partial charge in [0.05, 0.1) is 6.04 Å². The molecule has 0 radical (unpaired) electrons. The van der Waals surface area contributed by atoms with Gasteiger partial charge in [0.25, 0.3) is 5.91 Å². The Balaban J connectivity index is 1.69. The molecule has 0 unspecified atom stereocenters. The van der Waals surface area contributed by atoms with E-state index in [4.69, 9.17) is 0 Å². The van der Waals surface area contributed by atoms with Crippen molar-refractivity contribution in [1.29, 1.82) is 0 Å². The van der Waals surface area contributed by atoms with Crippen molar-refractivity contribution >= 4 is 11.7 Å². The van der Waals surface area contributed by atoms with Gasteiger partial charge in [-0.2, -0.15) is 0 Å². The predicted molar refractivity (Wildman–Crippen MR) is 78.7 cm³/mol. The number of carbonyl (C=O) groups is 1. The van der Waals surface area contributed by atoms with Crippen LogP contribution in [-0.4, -0.2) is 42.0 Å². The molecule has 1 aromatic heterocycles. The molecule has 0 aliphatic carbocycles. The maximum Gasteiger partial charge on any atom is 0.259 e. The fraction of sp³-hybridized carbons (Fsp3) is 0.250. The minimum atomic E-state index is -0.835. The van der Waals surface area contributed by atoms with Crippen molar-refractivity contribution in [3.05, 3.63) is 59.8 Å². The third kappa shape index (κ3) is 2.52. The zero-order valence-electron chi connectivity index (χ0n) is 12.0. The first kappa shape index (κ1) is 14.4. The highest BCUT2D eigenvalue weighted by Crippen LogP contribution is 2.23. The van der Waals surface area contributed by atoms with Gasteiger partial charge in [-0.05, 0) is 24.3 Å². The lowest BCUT2D eigenvalue weighted by atomic mass is 10.1. The average Bonchev–Trinajstić information content (AvgIpc) is 2.46. The lowest BCUT2D eigenvalue weighted by Crippen LogP contribution is -2.60. The quantitative estimate of drug-likeness (QED) is 0.873. The standard InChI is InChI=1S/C16H15F2N3O/c1-20(16(22)15-12(17)5-4-6-13(15)18)11-9-21(10-11)14-7-2-3-8-19-14/h2-8,11H,9-10H2,1H3. The molecule has 22 heavy (non-hydrogen) atoms. The third-order valence-electron chi connectivity index (χ3n) is 3.88. The van der Waals surface area contributed by atoms with E-state index in [9.17, 15) is 13.6 Å². The van der Waals surface area contributed by atoms with E-state index < -0.39 is 23.1 Å². The fourth-order valence-corrected chi connectivity index (χ4v) is 2.47. The number of aromatic nitrogens is 1. The van der Waals surface area contributed by atoms with Gasteiger partial charge in [-0.15, -0.1) is 0 Å². The van der Waals surface area contributed by atoms with Gasteiger partial charge < -0.3 is 9.80 Å². The van der Waals surface area contributed by atoms with Crippen LogP contribution in [-0.2, 0) is 0 Å². The summed E-state index contributed by atoms with van der Waals surface area (Å²) in [7, 11) is 1.56. The van der Waals surface area contributed by atoms with Crippen LogP contribution in [0.4, 0.5) is 14.6 Å². The zero-order valence-corrected chi connectivity index (χ0v) is 12.0. The number of halogens is 2. The lowest BCUT2D eigenvalue weighted by molar-refractivity contribution is 0.0695. The molecule has 6 heteroatoms. The molecule has 0 spiro atoms. The molecule has 2 heterocycles. The molecule has 114 valence electrons. The van der Waals surface area contributed by atoms with E-state index in [0.29, 0.717) is 13.1 Å². The largest absolute Gasteiger partial charge is 0.352 e. The normalized spacial score (nSPS) is 14.6. The van der Waals surface area contributed by atoms with Gasteiger partial charge >= 0.3 is 0 Å². The Hall–Kier alpha value is -2.50. The molecular weight excluding hydrogens is 288 g/mol. The highest BCUT2D eigenvalue weighted by molar-refractivity contribution is 5.95. The van der Waals surface area contributed by atoms with Gasteiger partial charge in [0.2, 0.25) is 0 Å². The number of hydrogen-bond acceptors (Lipinski definition) is 3. The van der Waals surface area contributed by atoms with Crippen molar-refractivity contribution in [3.63, 3.8) is 0 Å². The van der Waals surface area contributed by atoms with E-state index in [0.717, 1.165) is 18.0 Å². The molecule has 1 aromatic carbocycles. The first-order valence-corrected chi connectivity index (χ1v) is 6.95. The Kier molecular flexibility index (Phi) is 3.75. The molecule has 2 aromatic rings. The van der Waals surface area contributed by atoms with E-state index >= 15 is 0 Å². The number of amides is 1. The lowest BCUT2D eigenvalue weighted by Gasteiger charge is -2.44. The maximum absolute atomic E-state index is 13.7. The van der Waals surface area contributed by atoms with Gasteiger partial charge in [-0.1, -0.05) is 12.1 Å². The van der Waals surface area contributed by atoms with Crippen LogP contribution in [0.25, 0.3) is 0 Å². The second kappa shape index (κ2) is 5.71. The minimum Gasteiger partial charge on any atom is -0.352 e. The molecule has 1 amide bonds. The van der Waals surface area contributed by atoms with Crippen LogP contribution in [0.1, 0.15) is 10.4 Å². The molecule has 0 bridgehead atoms. The summed E-state index contributed by atoms with van der Waals surface area (Å²) >= 11 is 0. The predicted octanol–water partition coefficient (Wildman–Crippen LogP) is 2.32. The average molecular weight is 303 g/mol. The van der Waals surface area contributed by atoms with E-state index in [1.165, 1.54) is 11.0 Å². The van der Waals surface area contributed by atoms with Crippen LogP contribution in [0.5, 0.6) is 0 Å². The Bertz CT molecular complexity index is 667. The molecule has 4 nitrogen and oxygen atoms in total. The highest BCUT2D eigenvalue weighted by atomic mass is 19.1. The summed E-state index contributed by atoms with van der Waals surface area (Å²) in [6.45, 7) is 1.19. The van der Waals surface area contributed by atoms with Crippen molar-refractivity contribution in [1.82, 2.24) is 9.88 Å². The van der Waals surface area contributed by atoms with E-state index in [1.54, 1.807) is 13.2 Å². The Morgan fingerprint density at radius 2 is 1.86 bits per heavy atom. The number of pyridine rings is 1. The number of anilines is 1. The van der Waals surface area contributed by atoms with Crippen molar-refractivity contribution in [3.8, 4) is 0 Å². The van der Waals surface area contributed by atoms with Gasteiger partial charge in [0.1, 0.15) is 23.0 Å². The summed E-state index contributed by atoms with van der Waals surface area (Å²) in [5, 5.41) is 0. The number of rotatable bonds is 3. The van der Waals surface area contributed by atoms with E-state index in [-0.39, 0.29) is 6.04 Å². The van der Waals surface area contributed by atoms with Crippen LogP contribution in [0.15, 0.2) is 42.6 Å². The topological polar surface area (TPSA) is 36.4 Å². The minimum absolute atomic E-state index is 0.0893. The monoisotopic (exact) mass is 303 g/mol. The number of hydrogen-bond donors (Lipinski definition) is 0. The summed E-state index contributed by atoms with van der Waals surface area (Å²) in [6.07, 6.45) is 1.70. The Morgan fingerprint density at radius 3 is 2.45 bits per heavy atom. The number of benzene rings is 1. The molecule has 1 aliphatic rings. The van der Waals surface area contributed by atoms with Crippen LogP contribution in [0, 0.1) is 11.6 Å². The first-order chi connectivity index (χ1) is 10.6. The fourth-order valence-electron chi connectivity index (χ4n) is 2.47. The zero-order chi connectivity index (χ0) is 15.7. The van der Waals surface area contributed by atoms with Crippen LogP contribution < -0.4 is 4.90 Å². The molecule has 1 saturated heterocycles. The van der Waals surface area contributed by atoms with E-state index in [1.807, 2.05) is 23.1 Å². The van der Waals surface area contributed by atoms with Crippen LogP contribution in [0.3, 0.4) is 0 Å². The van der Waals surface area contributed by atoms with Gasteiger partial charge in [0, 0.05) is 26.3 Å². The van der Waals surface area contributed by atoms with Crippen LogP contribution in [0.2, 0.25) is 0 Å². The van der Waals surface area contributed by atoms with Crippen molar-refractivity contribution in [2.45, 2.75) is 6.04 Å². The molecule has 1 fully saturated rings. The SMILES string of the molecule is CN(C(=O)c1c(F)cccc1F)C1CN(c2ccccn2)C1. The summed E-state index contributed by atoms with van der Waals surface area (Å²) in [5.41, 5.74) is -0.499. The molecule has 1 aliphatic heterocycles. The summed E-state index contributed by atoms with van der Waals surface area (Å²) in [5.74, 6) is -1.48. The number of likely N-dealkylation sites (N-methyl/N-ethyl adjacent to an activating group) is 1. The second-order valence-electron chi connectivity index (χ2n) is 5.26. The smallest absolute Gasteiger partial charge is 0.259 e. The summed E-state index contributed by atoms with van der Waals surface area (Å²) in [4.78, 5) is 19.9. The summed E-state index contributed by atoms with van der Waals surface area (Å²) in [6, 6.07) is 8.93. The summed E-state index contributed by atoms with van der Waals surface area (Å²) < 4.78 is 27.4. The molecular formula is C16H15F2N3O. The van der Waals surface area contributed by atoms with Crippen molar-refractivity contribution < 1.29 is 13.6 Å². The maximum atomic E-state index is 13.7. The van der Waals surface area contributed by atoms with Crippen molar-refractivity contribution in [2.24, 2.45) is 0 Å². The van der Waals surface area contributed by atoms with Crippen LogP contribution >= 0.6 is 0 Å². The van der Waals surface area contributed by atoms with E-state index in [2.05, 4.69) is 4.98 Å². The Morgan fingerprint density at radius 1 is 1.18 bits per heavy atom. The highest BCUT2D eigenvalue weighted by Gasteiger charge is 2.34. The molecule has 0 saturated carbocycles. The third-order valence-corrected chi connectivity index (χ3v) is 3.88. The number of carbonyl (C=O) groups excluding carboxylic acids is 1. The van der Waals surface area contributed by atoms with Crippen molar-refractivity contribution in [2.75, 3.05) is 25.0 Å². The second-order valence-corrected chi connectivity index (χ2v) is 5.26. The molecule has 0 atom stereocenters.